The zero-order valence-corrected chi connectivity index (χ0v) is 15.8. The molecule has 0 aliphatic carbocycles. The molecule has 1 saturated heterocycles. The van der Waals surface area contributed by atoms with Gasteiger partial charge in [0.15, 0.2) is 0 Å². The van der Waals surface area contributed by atoms with Gasteiger partial charge < -0.3 is 14.0 Å². The van der Waals surface area contributed by atoms with Crippen LogP contribution >= 0.6 is 0 Å². The monoisotopic (exact) mass is 372 g/mol. The molecule has 2 heterocycles. The van der Waals surface area contributed by atoms with Crippen molar-refractivity contribution in [2.24, 2.45) is 0 Å². The second-order valence-electron chi connectivity index (χ2n) is 7.37. The molecular weight excluding hydrogens is 350 g/mol. The van der Waals surface area contributed by atoms with Crippen LogP contribution in [-0.2, 0) is 20.7 Å². The van der Waals surface area contributed by atoms with Crippen LogP contribution in [0.4, 0.5) is 15.0 Å². The van der Waals surface area contributed by atoms with Gasteiger partial charge in [-0.3, -0.25) is 5.32 Å². The van der Waals surface area contributed by atoms with Gasteiger partial charge in [0.25, 0.3) is 0 Å². The van der Waals surface area contributed by atoms with E-state index in [1.807, 2.05) is 58.0 Å². The number of nitrogens with one attached hydrogen (secondary N) is 1. The number of benzene rings is 1. The Kier molecular flexibility index (Phi) is 5.21. The molecule has 1 aliphatic rings. The molecule has 0 radical (unpaired) electrons. The Morgan fingerprint density at radius 2 is 1.81 bits per heavy atom. The summed E-state index contributed by atoms with van der Waals surface area (Å²) in [7, 11) is -0.859. The van der Waals surface area contributed by atoms with Crippen molar-refractivity contribution in [1.82, 2.24) is 4.98 Å². The molecule has 3 rings (SSSR count). The lowest BCUT2D eigenvalue weighted by atomic mass is 9.79. The Bertz CT molecular complexity index is 814. The smallest absolute Gasteiger partial charge is 0.444 e. The highest BCUT2D eigenvalue weighted by Crippen LogP contribution is 2.36. The topological polar surface area (TPSA) is 69.7 Å². The van der Waals surface area contributed by atoms with Crippen LogP contribution in [0.1, 0.15) is 33.3 Å². The first-order valence-electron chi connectivity index (χ1n) is 8.67. The lowest BCUT2D eigenvalue weighted by molar-refractivity contribution is 0.00578. The van der Waals surface area contributed by atoms with Crippen molar-refractivity contribution in [3.8, 4) is 0 Å². The van der Waals surface area contributed by atoms with Gasteiger partial charge in [0.05, 0.1) is 17.4 Å². The van der Waals surface area contributed by atoms with Crippen LogP contribution in [0.2, 0.25) is 0 Å². The normalized spacial score (nSPS) is 17.6. The van der Waals surface area contributed by atoms with Crippen LogP contribution in [0.5, 0.6) is 0 Å². The van der Waals surface area contributed by atoms with E-state index in [9.17, 15) is 9.18 Å². The van der Waals surface area contributed by atoms with E-state index in [2.05, 4.69) is 10.3 Å². The zero-order chi connectivity index (χ0) is 19.7. The number of anilines is 1. The molecule has 27 heavy (non-hydrogen) atoms. The number of amides is 1. The first-order chi connectivity index (χ1) is 12.7. The van der Waals surface area contributed by atoms with E-state index in [0.29, 0.717) is 5.46 Å². The number of halogens is 1. The van der Waals surface area contributed by atoms with Crippen molar-refractivity contribution in [3.63, 3.8) is 0 Å². The summed E-state index contributed by atoms with van der Waals surface area (Å²) in [5.74, 6) is -0.420. The predicted molar refractivity (Wildman–Crippen MR) is 100 cm³/mol. The van der Waals surface area contributed by atoms with E-state index < -0.39 is 30.2 Å². The Labute approximate surface area is 158 Å². The summed E-state index contributed by atoms with van der Waals surface area (Å²) >= 11 is 0. The van der Waals surface area contributed by atoms with Gasteiger partial charge >= 0.3 is 13.2 Å². The van der Waals surface area contributed by atoms with Crippen molar-refractivity contribution in [2.75, 3.05) is 5.32 Å². The van der Waals surface area contributed by atoms with Gasteiger partial charge in [-0.2, -0.15) is 0 Å². The van der Waals surface area contributed by atoms with Gasteiger partial charge in [0, 0.05) is 5.46 Å². The van der Waals surface area contributed by atoms with Crippen molar-refractivity contribution >= 4 is 24.5 Å². The average molecular weight is 372 g/mol. The molecule has 0 atom stereocenters. The summed E-state index contributed by atoms with van der Waals surface area (Å²) in [4.78, 5) is 16.1. The van der Waals surface area contributed by atoms with Gasteiger partial charge in [-0.05, 0) is 39.3 Å². The molecule has 1 N–H and O–H groups in total. The molecule has 1 aliphatic heterocycles. The largest absolute Gasteiger partial charge is 0.498 e. The fourth-order valence-corrected chi connectivity index (χ4v) is 2.56. The minimum Gasteiger partial charge on any atom is -0.444 e. The summed E-state index contributed by atoms with van der Waals surface area (Å²) in [5.41, 5.74) is -0.0550. The maximum atomic E-state index is 13.8. The van der Waals surface area contributed by atoms with Gasteiger partial charge in [0.1, 0.15) is 18.2 Å². The molecule has 0 spiro atoms. The molecule has 8 heteroatoms. The molecular formula is C19H22BFN2O4. The van der Waals surface area contributed by atoms with E-state index in [4.69, 9.17) is 14.0 Å². The second-order valence-corrected chi connectivity index (χ2v) is 7.37. The lowest BCUT2D eigenvalue weighted by Crippen LogP contribution is -2.41. The number of aromatic nitrogens is 1. The van der Waals surface area contributed by atoms with E-state index in [1.54, 1.807) is 0 Å². The summed E-state index contributed by atoms with van der Waals surface area (Å²) in [6.07, 6.45) is 0.317. The maximum Gasteiger partial charge on any atom is 0.498 e. The van der Waals surface area contributed by atoms with Gasteiger partial charge in [-0.25, -0.2) is 14.2 Å². The molecule has 0 saturated carbocycles. The van der Waals surface area contributed by atoms with Crippen LogP contribution in [0, 0.1) is 5.82 Å². The highest BCUT2D eigenvalue weighted by molar-refractivity contribution is 6.63. The number of carbonyl (C=O) groups is 1. The van der Waals surface area contributed by atoms with Gasteiger partial charge in [-0.1, -0.05) is 30.3 Å². The second kappa shape index (κ2) is 7.29. The van der Waals surface area contributed by atoms with E-state index in [1.165, 1.54) is 6.07 Å². The summed E-state index contributed by atoms with van der Waals surface area (Å²) in [6, 6.07) is 10.5. The number of hydrogen-bond acceptors (Lipinski definition) is 5. The van der Waals surface area contributed by atoms with Gasteiger partial charge in [0.2, 0.25) is 0 Å². The van der Waals surface area contributed by atoms with Crippen molar-refractivity contribution in [2.45, 2.75) is 45.5 Å². The Morgan fingerprint density at radius 1 is 1.19 bits per heavy atom. The molecule has 0 bridgehead atoms. The summed E-state index contributed by atoms with van der Waals surface area (Å²) in [6.45, 7) is 7.67. The Hall–Kier alpha value is -2.45. The number of ether oxygens (including phenoxy) is 1. The third-order valence-corrected chi connectivity index (χ3v) is 4.82. The minimum atomic E-state index is -0.859. The fourth-order valence-electron chi connectivity index (χ4n) is 2.56. The standard InChI is InChI=1S/C19H22BFN2O4/c1-18(2)19(3,4)27-20(26-18)15-10-14(21)11-22-16(15)23-17(24)25-12-13-8-6-5-7-9-13/h5-11H,12H2,1-4H3,(H,22,23,24). The first kappa shape index (κ1) is 19.3. The molecule has 6 nitrogen and oxygen atoms in total. The number of nitrogens with zero attached hydrogens (tertiary/aromatic N) is 1. The molecule has 142 valence electrons. The molecule has 1 aromatic carbocycles. The Morgan fingerprint density at radius 3 is 2.44 bits per heavy atom. The van der Waals surface area contributed by atoms with Crippen LogP contribution in [0.15, 0.2) is 42.6 Å². The molecule has 1 aromatic heterocycles. The molecule has 2 aromatic rings. The van der Waals surface area contributed by atoms with Crippen LogP contribution < -0.4 is 10.8 Å². The van der Waals surface area contributed by atoms with Crippen LogP contribution in [0.3, 0.4) is 0 Å². The zero-order valence-electron chi connectivity index (χ0n) is 15.8. The maximum absolute atomic E-state index is 13.8. The SMILES string of the molecule is CC1(C)OB(c2cc(F)cnc2NC(=O)OCc2ccccc2)OC1(C)C. The van der Waals surface area contributed by atoms with Crippen LogP contribution in [0.25, 0.3) is 0 Å². The molecule has 1 fully saturated rings. The van der Waals surface area contributed by atoms with Crippen molar-refractivity contribution in [3.05, 3.63) is 54.0 Å². The molecule has 0 unspecified atom stereocenters. The van der Waals surface area contributed by atoms with Gasteiger partial charge in [-0.15, -0.1) is 0 Å². The summed E-state index contributed by atoms with van der Waals surface area (Å²) < 4.78 is 30.8. The lowest BCUT2D eigenvalue weighted by Gasteiger charge is -2.32. The van der Waals surface area contributed by atoms with E-state index >= 15 is 0 Å². The van der Waals surface area contributed by atoms with Crippen LogP contribution in [-0.4, -0.2) is 29.4 Å². The number of rotatable bonds is 4. The number of carbonyl (C=O) groups excluding carboxylic acids is 1. The minimum absolute atomic E-state index is 0.111. The first-order valence-corrected chi connectivity index (χ1v) is 8.67. The number of hydrogen-bond donors (Lipinski definition) is 1. The molecule has 1 amide bonds. The third kappa shape index (κ3) is 4.28. The highest BCUT2D eigenvalue weighted by atomic mass is 19.1. The third-order valence-electron chi connectivity index (χ3n) is 4.82. The van der Waals surface area contributed by atoms with E-state index in [0.717, 1.165) is 11.8 Å². The van der Waals surface area contributed by atoms with Crippen molar-refractivity contribution < 1.29 is 23.2 Å². The van der Waals surface area contributed by atoms with Crippen molar-refractivity contribution in [1.29, 1.82) is 0 Å². The number of pyridine rings is 1. The summed E-state index contributed by atoms with van der Waals surface area (Å²) in [5, 5.41) is 2.54. The predicted octanol–water partition coefficient (Wildman–Crippen LogP) is 3.27. The van der Waals surface area contributed by atoms with E-state index in [-0.39, 0.29) is 12.4 Å². The Balaban J connectivity index is 1.74. The average Bonchev–Trinajstić information content (AvgIpc) is 2.83. The highest BCUT2D eigenvalue weighted by Gasteiger charge is 2.52. The quantitative estimate of drug-likeness (QED) is 0.835. The fraction of sp³-hybridized carbons (Fsp3) is 0.368.